The highest BCUT2D eigenvalue weighted by atomic mass is 16.5. The van der Waals surface area contributed by atoms with Crippen LogP contribution in [0.1, 0.15) is 50.2 Å². The molecule has 5 heterocycles. The van der Waals surface area contributed by atoms with E-state index in [-0.39, 0.29) is 42.6 Å². The molecule has 0 radical (unpaired) electrons. The minimum atomic E-state index is -0.367. The van der Waals surface area contributed by atoms with Crippen LogP contribution in [-0.4, -0.2) is 81.5 Å². The predicted molar refractivity (Wildman–Crippen MR) is 168 cm³/mol. The maximum atomic E-state index is 13.4. The molecule has 3 aromatic heterocycles. The van der Waals surface area contributed by atoms with Gasteiger partial charge in [-0.1, -0.05) is 6.92 Å². The van der Waals surface area contributed by atoms with Crippen molar-refractivity contribution >= 4 is 29.2 Å². The fourth-order valence-corrected chi connectivity index (χ4v) is 5.62. The summed E-state index contributed by atoms with van der Waals surface area (Å²) in [7, 11) is 1.59. The predicted octanol–water partition coefficient (Wildman–Crippen LogP) is 2.35. The van der Waals surface area contributed by atoms with Crippen LogP contribution in [0.4, 0.5) is 11.6 Å². The lowest BCUT2D eigenvalue weighted by molar-refractivity contribution is -0.127. The van der Waals surface area contributed by atoms with Gasteiger partial charge in [0.05, 0.1) is 17.5 Å². The molecule has 0 aromatic carbocycles. The fourth-order valence-electron chi connectivity index (χ4n) is 5.62. The van der Waals surface area contributed by atoms with Gasteiger partial charge in [-0.2, -0.15) is 0 Å². The average Bonchev–Trinajstić information content (AvgIpc) is 3.69. The summed E-state index contributed by atoms with van der Waals surface area (Å²) in [5.41, 5.74) is 1.11. The maximum absolute atomic E-state index is 13.4. The van der Waals surface area contributed by atoms with Gasteiger partial charge in [-0.05, 0) is 49.9 Å². The van der Waals surface area contributed by atoms with Gasteiger partial charge in [0.25, 0.3) is 11.5 Å². The quantitative estimate of drug-likeness (QED) is 0.237. The van der Waals surface area contributed by atoms with Crippen molar-refractivity contribution in [3.05, 3.63) is 74.8 Å². The number of carbonyl (C=O) groups excluding carboxylic acids is 2. The second-order valence-electron chi connectivity index (χ2n) is 11.0. The number of nitrogens with zero attached hydrogens (tertiary/aromatic N) is 7. The van der Waals surface area contributed by atoms with E-state index in [1.807, 2.05) is 17.9 Å². The van der Waals surface area contributed by atoms with Gasteiger partial charge in [-0.3, -0.25) is 33.4 Å². The van der Waals surface area contributed by atoms with Crippen molar-refractivity contribution in [3.63, 3.8) is 0 Å². The molecule has 0 bridgehead atoms. The maximum Gasteiger partial charge on any atom is 0.332 e. The highest BCUT2D eigenvalue weighted by Gasteiger charge is 2.27. The van der Waals surface area contributed by atoms with Crippen molar-refractivity contribution in [2.45, 2.75) is 58.5 Å². The molecule has 0 N–H and O–H groups in total. The molecule has 2 aliphatic heterocycles. The third kappa shape index (κ3) is 7.36. The van der Waals surface area contributed by atoms with Crippen molar-refractivity contribution in [2.24, 2.45) is 4.99 Å². The number of ether oxygens (including phenoxy) is 2. The third-order valence-corrected chi connectivity index (χ3v) is 7.89. The van der Waals surface area contributed by atoms with Crippen molar-refractivity contribution < 1.29 is 19.1 Å². The Hall–Kier alpha value is -4.65. The van der Waals surface area contributed by atoms with Gasteiger partial charge in [0, 0.05) is 77.2 Å². The summed E-state index contributed by atoms with van der Waals surface area (Å²) in [6.45, 7) is 4.58. The second kappa shape index (κ2) is 14.9. The van der Waals surface area contributed by atoms with Gasteiger partial charge in [0.15, 0.2) is 6.61 Å². The number of rotatable bonds is 15. The Morgan fingerprint density at radius 2 is 1.91 bits per heavy atom. The van der Waals surface area contributed by atoms with Crippen LogP contribution in [-0.2, 0) is 33.8 Å². The largest absolute Gasteiger partial charge is 0.482 e. The van der Waals surface area contributed by atoms with Gasteiger partial charge < -0.3 is 14.4 Å². The molecule has 2 amide bonds. The first kappa shape index (κ1) is 31.8. The Morgan fingerprint density at radius 1 is 1.04 bits per heavy atom. The number of likely N-dealkylation sites (tertiary alicyclic amines) is 1. The lowest BCUT2D eigenvalue weighted by Gasteiger charge is -2.24. The number of fused-ring (bicyclic) bond motifs is 1. The van der Waals surface area contributed by atoms with Crippen LogP contribution in [0.15, 0.2) is 57.4 Å². The van der Waals surface area contributed by atoms with Gasteiger partial charge >= 0.3 is 5.69 Å². The summed E-state index contributed by atoms with van der Waals surface area (Å²) in [5, 5.41) is 0. The summed E-state index contributed by atoms with van der Waals surface area (Å²) in [4.78, 5) is 68.7. The zero-order chi connectivity index (χ0) is 31.8. The van der Waals surface area contributed by atoms with E-state index in [4.69, 9.17) is 14.5 Å². The molecule has 1 fully saturated rings. The lowest BCUT2D eigenvalue weighted by Crippen LogP contribution is -2.41. The summed E-state index contributed by atoms with van der Waals surface area (Å²) < 4.78 is 13.6. The van der Waals surface area contributed by atoms with Crippen LogP contribution in [0.2, 0.25) is 0 Å². The smallest absolute Gasteiger partial charge is 0.332 e. The number of pyridine rings is 2. The highest BCUT2D eigenvalue weighted by molar-refractivity contribution is 6.06. The van der Waals surface area contributed by atoms with Crippen molar-refractivity contribution in [3.8, 4) is 5.75 Å². The molecule has 0 saturated carbocycles. The van der Waals surface area contributed by atoms with Crippen molar-refractivity contribution in [2.75, 3.05) is 44.9 Å². The molecule has 3 aromatic rings. The van der Waals surface area contributed by atoms with Gasteiger partial charge in [-0.25, -0.2) is 14.8 Å². The zero-order valence-electron chi connectivity index (χ0n) is 25.8. The first-order valence-corrected chi connectivity index (χ1v) is 15.4. The fraction of sp³-hybridized carbons (Fsp3) is 0.469. The third-order valence-electron chi connectivity index (χ3n) is 7.89. The molecule has 13 heteroatoms. The van der Waals surface area contributed by atoms with E-state index in [2.05, 4.69) is 9.97 Å². The zero-order valence-corrected chi connectivity index (χ0v) is 25.8. The van der Waals surface area contributed by atoms with Crippen LogP contribution in [0.3, 0.4) is 0 Å². The molecule has 13 nitrogen and oxygen atoms in total. The molecular weight excluding hydrogens is 578 g/mol. The molecule has 238 valence electrons. The summed E-state index contributed by atoms with van der Waals surface area (Å²) in [5.74, 6) is 1.17. The van der Waals surface area contributed by atoms with Crippen molar-refractivity contribution in [1.82, 2.24) is 24.0 Å². The Labute approximate surface area is 261 Å². The number of anilines is 1. The molecule has 45 heavy (non-hydrogen) atoms. The Kier molecular flexibility index (Phi) is 10.5. The highest BCUT2D eigenvalue weighted by Crippen LogP contribution is 2.26. The number of aliphatic imine (C=N–C) groups is 1. The van der Waals surface area contributed by atoms with Crippen molar-refractivity contribution in [1.29, 1.82) is 0 Å². The van der Waals surface area contributed by atoms with E-state index in [9.17, 15) is 19.2 Å². The number of methoxy groups -OCH3 is 1. The number of carbonyl (C=O) groups is 2. The molecule has 2 aliphatic rings. The first-order valence-electron chi connectivity index (χ1n) is 15.4. The molecule has 0 aliphatic carbocycles. The van der Waals surface area contributed by atoms with Crippen LogP contribution in [0, 0.1) is 0 Å². The van der Waals surface area contributed by atoms with Gasteiger partial charge in [-0.15, -0.1) is 0 Å². The minimum Gasteiger partial charge on any atom is -0.482 e. The SMILES string of the molecule is CCCn1c2c(c(=O)n(CCCOC)c1=O)CC(c1ccc(N(CCCN3CCCC3=O)C(=O)COc3cccnc3)nc1)=N2. The van der Waals surface area contributed by atoms with Crippen LogP contribution in [0.25, 0.3) is 0 Å². The topological polar surface area (TPSA) is 141 Å². The van der Waals surface area contributed by atoms with Crippen LogP contribution >= 0.6 is 0 Å². The number of hydrogen-bond donors (Lipinski definition) is 0. The number of aromatic nitrogens is 4. The second-order valence-corrected chi connectivity index (χ2v) is 11.0. The molecule has 1 saturated heterocycles. The lowest BCUT2D eigenvalue weighted by atomic mass is 10.1. The molecule has 0 spiro atoms. The van der Waals surface area contributed by atoms with Crippen LogP contribution in [0.5, 0.6) is 5.75 Å². The van der Waals surface area contributed by atoms with Gasteiger partial charge in [0.1, 0.15) is 17.4 Å². The molecule has 0 atom stereocenters. The Morgan fingerprint density at radius 3 is 2.60 bits per heavy atom. The number of amides is 2. The van der Waals surface area contributed by atoms with E-state index < -0.39 is 0 Å². The Bertz CT molecular complexity index is 1650. The van der Waals surface area contributed by atoms with E-state index >= 15 is 0 Å². The summed E-state index contributed by atoms with van der Waals surface area (Å²) in [6, 6.07) is 7.02. The Balaban J connectivity index is 1.35. The van der Waals surface area contributed by atoms with E-state index in [1.165, 1.54) is 4.57 Å². The molecule has 5 rings (SSSR count). The van der Waals surface area contributed by atoms with E-state index in [1.54, 1.807) is 53.4 Å². The minimum absolute atomic E-state index is 0.139. The summed E-state index contributed by atoms with van der Waals surface area (Å²) in [6.07, 6.45) is 8.33. The average molecular weight is 618 g/mol. The van der Waals surface area contributed by atoms with Gasteiger partial charge in [0.2, 0.25) is 5.91 Å². The summed E-state index contributed by atoms with van der Waals surface area (Å²) >= 11 is 0. The number of hydrogen-bond acceptors (Lipinski definition) is 9. The van der Waals surface area contributed by atoms with Crippen LogP contribution < -0.4 is 20.9 Å². The van der Waals surface area contributed by atoms with E-state index in [0.717, 1.165) is 13.0 Å². The molecule has 0 unspecified atom stereocenters. The monoisotopic (exact) mass is 617 g/mol. The standard InChI is InChI=1S/C32H39N7O6/c1-3-13-38-30-25(31(42)39(32(38)43)17-7-18-44-2)19-26(35-30)23-10-11-27(34-20-23)37(16-6-15-36-14-5-9-28(36)40)29(41)22-45-24-8-4-12-33-21-24/h4,8,10-12,20-21H,3,5-7,9,13-19,22H2,1-2H3. The molecular formula is C32H39N7O6. The van der Waals surface area contributed by atoms with E-state index in [0.29, 0.717) is 86.1 Å². The first-order chi connectivity index (χ1) is 21.9. The normalized spacial score (nSPS) is 14.0.